The van der Waals surface area contributed by atoms with Crippen molar-refractivity contribution in [1.82, 2.24) is 0 Å². The molecule has 1 radical (unpaired) electrons. The fraction of sp³-hybridized carbons (Fsp3) is 0.333. The summed E-state index contributed by atoms with van der Waals surface area (Å²) < 4.78 is 9.97. The van der Waals surface area contributed by atoms with E-state index < -0.39 is 0 Å². The Kier molecular flexibility index (Phi) is 2.93. The number of hydrogen-bond donors (Lipinski definition) is 0. The standard InChI is InChI=1S/C9H11O2/c1-10-7-8-4-3-5-9(6-8)11-2/h4-6H,7H2,1-2H3. The zero-order valence-electron chi connectivity index (χ0n) is 6.76. The molecule has 11 heavy (non-hydrogen) atoms. The molecule has 1 aromatic rings. The molecule has 0 fully saturated rings. The average molecular weight is 151 g/mol. The largest absolute Gasteiger partial charge is 0.497 e. The molecule has 0 saturated heterocycles. The van der Waals surface area contributed by atoms with Crippen LogP contribution in [0.3, 0.4) is 0 Å². The van der Waals surface area contributed by atoms with E-state index in [1.165, 1.54) is 0 Å². The second-order valence-electron chi connectivity index (χ2n) is 2.21. The van der Waals surface area contributed by atoms with Crippen molar-refractivity contribution in [3.05, 3.63) is 29.8 Å². The summed E-state index contributed by atoms with van der Waals surface area (Å²) in [6.07, 6.45) is 0. The SMILES string of the molecule is COCc1c[c]cc(OC)c1. The highest BCUT2D eigenvalue weighted by Gasteiger charge is 1.93. The van der Waals surface area contributed by atoms with E-state index in [4.69, 9.17) is 9.47 Å². The van der Waals surface area contributed by atoms with Crippen molar-refractivity contribution in [3.8, 4) is 5.75 Å². The van der Waals surface area contributed by atoms with E-state index in [9.17, 15) is 0 Å². The van der Waals surface area contributed by atoms with Gasteiger partial charge in [0.15, 0.2) is 0 Å². The summed E-state index contributed by atoms with van der Waals surface area (Å²) in [5, 5.41) is 0. The second-order valence-corrected chi connectivity index (χ2v) is 2.21. The lowest BCUT2D eigenvalue weighted by Gasteiger charge is -2.01. The molecule has 59 valence electrons. The summed E-state index contributed by atoms with van der Waals surface area (Å²) in [5.41, 5.74) is 1.08. The van der Waals surface area contributed by atoms with E-state index in [0.717, 1.165) is 11.3 Å². The lowest BCUT2D eigenvalue weighted by molar-refractivity contribution is 0.184. The molecule has 0 saturated carbocycles. The molecule has 0 atom stereocenters. The fourth-order valence-corrected chi connectivity index (χ4v) is 0.865. The van der Waals surface area contributed by atoms with Gasteiger partial charge in [-0.2, -0.15) is 0 Å². The molecule has 1 rings (SSSR count). The minimum atomic E-state index is 0.605. The maximum absolute atomic E-state index is 5.01. The Morgan fingerprint density at radius 3 is 2.82 bits per heavy atom. The molecule has 2 nitrogen and oxygen atoms in total. The smallest absolute Gasteiger partial charge is 0.119 e. The summed E-state index contributed by atoms with van der Waals surface area (Å²) >= 11 is 0. The number of benzene rings is 1. The quantitative estimate of drug-likeness (QED) is 0.653. The van der Waals surface area contributed by atoms with E-state index >= 15 is 0 Å². The second kappa shape index (κ2) is 3.98. The van der Waals surface area contributed by atoms with E-state index in [0.29, 0.717) is 6.61 Å². The van der Waals surface area contributed by atoms with E-state index in [2.05, 4.69) is 6.07 Å². The third kappa shape index (κ3) is 2.24. The first-order valence-electron chi connectivity index (χ1n) is 3.39. The Bertz CT molecular complexity index is 221. The predicted molar refractivity (Wildman–Crippen MR) is 42.5 cm³/mol. The zero-order chi connectivity index (χ0) is 8.10. The van der Waals surface area contributed by atoms with E-state index in [1.807, 2.05) is 12.1 Å². The van der Waals surface area contributed by atoms with Crippen LogP contribution in [-0.2, 0) is 11.3 Å². The van der Waals surface area contributed by atoms with Gasteiger partial charge in [0.1, 0.15) is 5.75 Å². The van der Waals surface area contributed by atoms with E-state index in [-0.39, 0.29) is 0 Å². The van der Waals surface area contributed by atoms with Crippen LogP contribution >= 0.6 is 0 Å². The molecular weight excluding hydrogens is 140 g/mol. The van der Waals surface area contributed by atoms with Gasteiger partial charge in [-0.1, -0.05) is 0 Å². The number of hydrogen-bond acceptors (Lipinski definition) is 2. The first-order chi connectivity index (χ1) is 5.36. The molecule has 0 aliphatic heterocycles. The molecule has 0 N–H and O–H groups in total. The van der Waals surface area contributed by atoms with Gasteiger partial charge in [-0.15, -0.1) is 0 Å². The lowest BCUT2D eigenvalue weighted by atomic mass is 10.2. The van der Waals surface area contributed by atoms with Gasteiger partial charge in [0.2, 0.25) is 0 Å². The Morgan fingerprint density at radius 1 is 1.36 bits per heavy atom. The van der Waals surface area contributed by atoms with Gasteiger partial charge < -0.3 is 9.47 Å². The molecule has 0 bridgehead atoms. The summed E-state index contributed by atoms with van der Waals surface area (Å²) in [5.74, 6) is 0.819. The van der Waals surface area contributed by atoms with Gasteiger partial charge >= 0.3 is 0 Å². The summed E-state index contributed by atoms with van der Waals surface area (Å²) in [6.45, 7) is 0.605. The van der Waals surface area contributed by atoms with Crippen LogP contribution in [0.5, 0.6) is 5.75 Å². The van der Waals surface area contributed by atoms with Gasteiger partial charge in [-0.3, -0.25) is 0 Å². The van der Waals surface area contributed by atoms with Crippen molar-refractivity contribution in [2.24, 2.45) is 0 Å². The molecule has 2 heteroatoms. The molecule has 0 amide bonds. The Hall–Kier alpha value is -1.02. The third-order valence-corrected chi connectivity index (χ3v) is 1.37. The molecule has 0 aliphatic rings. The molecule has 0 heterocycles. The first-order valence-corrected chi connectivity index (χ1v) is 3.39. The van der Waals surface area contributed by atoms with Gasteiger partial charge in [-0.25, -0.2) is 0 Å². The normalized spacial score (nSPS) is 9.64. The van der Waals surface area contributed by atoms with Gasteiger partial charge in [-0.05, 0) is 29.8 Å². The summed E-state index contributed by atoms with van der Waals surface area (Å²) in [4.78, 5) is 0. The summed E-state index contributed by atoms with van der Waals surface area (Å²) in [7, 11) is 3.30. The number of ether oxygens (including phenoxy) is 2. The van der Waals surface area contributed by atoms with Gasteiger partial charge in [0, 0.05) is 7.11 Å². The molecular formula is C9H11O2. The Labute approximate surface area is 66.8 Å². The zero-order valence-corrected chi connectivity index (χ0v) is 6.76. The molecule has 1 aromatic carbocycles. The third-order valence-electron chi connectivity index (χ3n) is 1.37. The van der Waals surface area contributed by atoms with Crippen LogP contribution in [0.1, 0.15) is 5.56 Å². The van der Waals surface area contributed by atoms with Crippen molar-refractivity contribution in [2.45, 2.75) is 6.61 Å². The van der Waals surface area contributed by atoms with Gasteiger partial charge in [0.05, 0.1) is 13.7 Å². The maximum atomic E-state index is 5.01. The molecule has 0 unspecified atom stereocenters. The maximum Gasteiger partial charge on any atom is 0.119 e. The highest BCUT2D eigenvalue weighted by Crippen LogP contribution is 2.12. The van der Waals surface area contributed by atoms with Crippen LogP contribution in [0.15, 0.2) is 18.2 Å². The van der Waals surface area contributed by atoms with Crippen LogP contribution in [-0.4, -0.2) is 14.2 Å². The fourth-order valence-electron chi connectivity index (χ4n) is 0.865. The number of rotatable bonds is 3. The van der Waals surface area contributed by atoms with Crippen LogP contribution in [0, 0.1) is 6.07 Å². The van der Waals surface area contributed by atoms with Crippen molar-refractivity contribution in [1.29, 1.82) is 0 Å². The monoisotopic (exact) mass is 151 g/mol. The van der Waals surface area contributed by atoms with Crippen molar-refractivity contribution >= 4 is 0 Å². The van der Waals surface area contributed by atoms with Gasteiger partial charge in [0.25, 0.3) is 0 Å². The molecule has 0 aliphatic carbocycles. The van der Waals surface area contributed by atoms with Crippen LogP contribution in [0.2, 0.25) is 0 Å². The first kappa shape index (κ1) is 8.08. The average Bonchev–Trinajstić information content (AvgIpc) is 2.06. The van der Waals surface area contributed by atoms with Crippen LogP contribution in [0.4, 0.5) is 0 Å². The molecule has 0 aromatic heterocycles. The van der Waals surface area contributed by atoms with Crippen molar-refractivity contribution in [3.63, 3.8) is 0 Å². The van der Waals surface area contributed by atoms with Crippen molar-refractivity contribution < 1.29 is 9.47 Å². The Balaban J connectivity index is 2.74. The van der Waals surface area contributed by atoms with Crippen LogP contribution in [0.25, 0.3) is 0 Å². The van der Waals surface area contributed by atoms with Crippen LogP contribution < -0.4 is 4.74 Å². The Morgan fingerprint density at radius 2 is 2.18 bits per heavy atom. The predicted octanol–water partition coefficient (Wildman–Crippen LogP) is 1.64. The summed E-state index contributed by atoms with van der Waals surface area (Å²) in [6, 6.07) is 8.56. The van der Waals surface area contributed by atoms with Crippen molar-refractivity contribution in [2.75, 3.05) is 14.2 Å². The lowest BCUT2D eigenvalue weighted by Crippen LogP contribution is -1.88. The van der Waals surface area contributed by atoms with E-state index in [1.54, 1.807) is 20.3 Å². The topological polar surface area (TPSA) is 18.5 Å². The highest BCUT2D eigenvalue weighted by atomic mass is 16.5. The minimum absolute atomic E-state index is 0.605. The highest BCUT2D eigenvalue weighted by molar-refractivity contribution is 5.27. The minimum Gasteiger partial charge on any atom is -0.497 e. The number of methoxy groups -OCH3 is 2. The molecule has 0 spiro atoms.